The lowest BCUT2D eigenvalue weighted by atomic mass is 10.1. The van der Waals surface area contributed by atoms with Gasteiger partial charge in [0.05, 0.1) is 16.8 Å². The normalized spacial score (nSPS) is 11.5. The van der Waals surface area contributed by atoms with Gasteiger partial charge in [0.25, 0.3) is 15.9 Å². The molecule has 0 atom stereocenters. The van der Waals surface area contributed by atoms with Crippen LogP contribution in [0.3, 0.4) is 0 Å². The number of thioether (sulfide) groups is 1. The van der Waals surface area contributed by atoms with Crippen molar-refractivity contribution < 1.29 is 13.2 Å². The molecule has 0 radical (unpaired) electrons. The summed E-state index contributed by atoms with van der Waals surface area (Å²) in [5, 5.41) is 3.99. The zero-order valence-electron chi connectivity index (χ0n) is 19.1. The van der Waals surface area contributed by atoms with Crippen LogP contribution in [0.2, 0.25) is 0 Å². The number of hydrazone groups is 1. The molecule has 0 aliphatic carbocycles. The molecule has 0 aliphatic rings. The van der Waals surface area contributed by atoms with E-state index in [-0.39, 0.29) is 4.90 Å². The fourth-order valence-corrected chi connectivity index (χ4v) is 4.89. The summed E-state index contributed by atoms with van der Waals surface area (Å²) in [6, 6.07) is 19.6. The molecule has 0 aliphatic heterocycles. The van der Waals surface area contributed by atoms with Gasteiger partial charge in [-0.05, 0) is 80.1 Å². The highest BCUT2D eigenvalue weighted by Crippen LogP contribution is 2.26. The summed E-state index contributed by atoms with van der Waals surface area (Å²) in [6.45, 7) is 5.34. The molecule has 0 spiro atoms. The van der Waals surface area contributed by atoms with Crippen molar-refractivity contribution in [3.8, 4) is 0 Å². The van der Waals surface area contributed by atoms with Crippen LogP contribution in [-0.2, 0) is 14.8 Å². The van der Waals surface area contributed by atoms with E-state index >= 15 is 0 Å². The first-order valence-corrected chi connectivity index (χ1v) is 13.0. The van der Waals surface area contributed by atoms with Crippen LogP contribution in [0.25, 0.3) is 0 Å². The smallest absolute Gasteiger partial charge is 0.264 e. The van der Waals surface area contributed by atoms with Gasteiger partial charge in [0.15, 0.2) is 0 Å². The van der Waals surface area contributed by atoms with Gasteiger partial charge in [0.2, 0.25) is 0 Å². The van der Waals surface area contributed by atoms with E-state index < -0.39 is 22.5 Å². The maximum Gasteiger partial charge on any atom is 0.264 e. The number of carbonyl (C=O) groups excluding carboxylic acids is 1. The number of rotatable bonds is 8. The summed E-state index contributed by atoms with van der Waals surface area (Å²) >= 11 is 1.64. The van der Waals surface area contributed by atoms with Crippen LogP contribution >= 0.6 is 11.8 Å². The number of hydrogen-bond acceptors (Lipinski definition) is 5. The standard InChI is InChI=1S/C25H27N3O3S2/c1-18-5-13-24(14-6-18)33(30,31)28(22-10-7-19(2)20(3)15-22)17-25(29)27-26-16-21-8-11-23(32-4)12-9-21/h5-16H,17H2,1-4H3,(H,27,29)/b26-16-. The summed E-state index contributed by atoms with van der Waals surface area (Å²) in [6.07, 6.45) is 3.52. The van der Waals surface area contributed by atoms with E-state index in [1.165, 1.54) is 6.21 Å². The van der Waals surface area contributed by atoms with Crippen molar-refractivity contribution in [2.24, 2.45) is 5.10 Å². The molecule has 0 saturated carbocycles. The Labute approximate surface area is 199 Å². The number of nitrogens with zero attached hydrogens (tertiary/aromatic N) is 2. The second-order valence-electron chi connectivity index (χ2n) is 7.66. The van der Waals surface area contributed by atoms with Crippen LogP contribution < -0.4 is 9.73 Å². The summed E-state index contributed by atoms with van der Waals surface area (Å²) in [7, 11) is -3.96. The first-order chi connectivity index (χ1) is 15.7. The van der Waals surface area contributed by atoms with E-state index in [2.05, 4.69) is 10.5 Å². The molecule has 3 aromatic carbocycles. The van der Waals surface area contributed by atoms with Gasteiger partial charge in [0.1, 0.15) is 6.54 Å². The van der Waals surface area contributed by atoms with Crippen molar-refractivity contribution in [1.29, 1.82) is 0 Å². The predicted octanol–water partition coefficient (Wildman–Crippen LogP) is 4.68. The van der Waals surface area contributed by atoms with Gasteiger partial charge in [-0.25, -0.2) is 13.8 Å². The van der Waals surface area contributed by atoms with Gasteiger partial charge >= 0.3 is 0 Å². The van der Waals surface area contributed by atoms with Crippen molar-refractivity contribution in [3.05, 3.63) is 89.0 Å². The SMILES string of the molecule is CSc1ccc(/C=N\NC(=O)CN(c2ccc(C)c(C)c2)S(=O)(=O)c2ccc(C)cc2)cc1. The van der Waals surface area contributed by atoms with Gasteiger partial charge in [0, 0.05) is 4.90 Å². The molecule has 0 unspecified atom stereocenters. The molecule has 3 aromatic rings. The third-order valence-electron chi connectivity index (χ3n) is 5.19. The third-order valence-corrected chi connectivity index (χ3v) is 7.72. The molecule has 172 valence electrons. The van der Waals surface area contributed by atoms with E-state index in [0.717, 1.165) is 31.5 Å². The quantitative estimate of drug-likeness (QED) is 0.288. The second kappa shape index (κ2) is 10.7. The maximum absolute atomic E-state index is 13.4. The highest BCUT2D eigenvalue weighted by atomic mass is 32.2. The van der Waals surface area contributed by atoms with Crippen molar-refractivity contribution in [1.82, 2.24) is 5.43 Å². The van der Waals surface area contributed by atoms with Crippen LogP contribution in [0.4, 0.5) is 5.69 Å². The van der Waals surface area contributed by atoms with E-state index in [1.54, 1.807) is 48.2 Å². The minimum atomic E-state index is -3.96. The lowest BCUT2D eigenvalue weighted by Crippen LogP contribution is -2.39. The zero-order valence-corrected chi connectivity index (χ0v) is 20.7. The molecule has 8 heteroatoms. The Morgan fingerprint density at radius 3 is 2.24 bits per heavy atom. The molecule has 0 saturated heterocycles. The molecule has 33 heavy (non-hydrogen) atoms. The average molecular weight is 482 g/mol. The number of hydrogen-bond donors (Lipinski definition) is 1. The number of carbonyl (C=O) groups is 1. The Hall–Kier alpha value is -3.10. The first-order valence-electron chi connectivity index (χ1n) is 10.3. The molecular formula is C25H27N3O3S2. The minimum Gasteiger partial charge on any atom is -0.271 e. The zero-order chi connectivity index (χ0) is 24.0. The number of amides is 1. The summed E-state index contributed by atoms with van der Waals surface area (Å²) in [5.74, 6) is -0.541. The monoisotopic (exact) mass is 481 g/mol. The van der Waals surface area contributed by atoms with Gasteiger partial charge in [-0.2, -0.15) is 5.10 Å². The molecule has 0 heterocycles. The lowest BCUT2D eigenvalue weighted by molar-refractivity contribution is -0.119. The predicted molar refractivity (Wildman–Crippen MR) is 136 cm³/mol. The first kappa shape index (κ1) is 24.5. The molecule has 0 aromatic heterocycles. The van der Waals surface area contributed by atoms with Crippen molar-refractivity contribution in [2.75, 3.05) is 17.1 Å². The van der Waals surface area contributed by atoms with Crippen molar-refractivity contribution in [2.45, 2.75) is 30.6 Å². The fourth-order valence-electron chi connectivity index (χ4n) is 3.07. The van der Waals surface area contributed by atoms with Gasteiger partial charge in [-0.3, -0.25) is 9.10 Å². The number of benzene rings is 3. The third kappa shape index (κ3) is 6.24. The largest absolute Gasteiger partial charge is 0.271 e. The van der Waals surface area contributed by atoms with Crippen molar-refractivity contribution in [3.63, 3.8) is 0 Å². The lowest BCUT2D eigenvalue weighted by Gasteiger charge is -2.24. The Kier molecular flexibility index (Phi) is 7.94. The van der Waals surface area contributed by atoms with Crippen molar-refractivity contribution >= 4 is 39.6 Å². The fraction of sp³-hybridized carbons (Fsp3) is 0.200. The molecule has 1 N–H and O–H groups in total. The van der Waals surface area contributed by atoms with Crippen LogP contribution in [-0.4, -0.2) is 33.3 Å². The van der Waals surface area contributed by atoms with E-state index in [9.17, 15) is 13.2 Å². The number of anilines is 1. The number of sulfonamides is 1. The number of aryl methyl sites for hydroxylation is 3. The number of nitrogens with one attached hydrogen (secondary N) is 1. The average Bonchev–Trinajstić information content (AvgIpc) is 2.80. The molecular weight excluding hydrogens is 454 g/mol. The molecule has 0 fully saturated rings. The van der Waals surface area contributed by atoms with Gasteiger partial charge < -0.3 is 0 Å². The molecule has 1 amide bonds. The van der Waals surface area contributed by atoms with Crippen LogP contribution in [0.15, 0.2) is 81.6 Å². The van der Waals surface area contributed by atoms with E-state index in [0.29, 0.717) is 5.69 Å². The minimum absolute atomic E-state index is 0.122. The van der Waals surface area contributed by atoms with Crippen LogP contribution in [0.1, 0.15) is 22.3 Å². The molecule has 0 bridgehead atoms. The Bertz CT molecular complexity index is 1250. The van der Waals surface area contributed by atoms with E-state index in [1.807, 2.05) is 57.4 Å². The second-order valence-corrected chi connectivity index (χ2v) is 10.4. The topological polar surface area (TPSA) is 78.8 Å². The Morgan fingerprint density at radius 1 is 0.970 bits per heavy atom. The summed E-state index contributed by atoms with van der Waals surface area (Å²) < 4.78 is 28.0. The van der Waals surface area contributed by atoms with Crippen LogP contribution in [0.5, 0.6) is 0 Å². The molecule has 6 nitrogen and oxygen atoms in total. The Morgan fingerprint density at radius 2 is 1.64 bits per heavy atom. The maximum atomic E-state index is 13.4. The summed E-state index contributed by atoms with van der Waals surface area (Å²) in [5.41, 5.74) is 6.60. The Balaban J connectivity index is 1.84. The molecule has 3 rings (SSSR count). The van der Waals surface area contributed by atoms with E-state index in [4.69, 9.17) is 0 Å². The summed E-state index contributed by atoms with van der Waals surface area (Å²) in [4.78, 5) is 13.9. The highest BCUT2D eigenvalue weighted by molar-refractivity contribution is 7.98. The van der Waals surface area contributed by atoms with Gasteiger partial charge in [-0.1, -0.05) is 35.9 Å². The van der Waals surface area contributed by atoms with Crippen LogP contribution in [0, 0.1) is 20.8 Å². The van der Waals surface area contributed by atoms with Gasteiger partial charge in [-0.15, -0.1) is 11.8 Å². The highest BCUT2D eigenvalue weighted by Gasteiger charge is 2.27.